The summed E-state index contributed by atoms with van der Waals surface area (Å²) in [7, 11) is 0. The summed E-state index contributed by atoms with van der Waals surface area (Å²) in [4.78, 5) is 37.8. The standard InChI is InChI=1S/C38H37ClF4N6O5/c1-35(2,3)19-37(24-9-5-21(6-10-24)22-8-12-28-29(16-22)54-38(42,43)53-28)33(51)48(34(44)47-37)27(18-52-30(50)17-36(4)13-14-36)23-7-11-25(39)26(15-23)49-32(31(40)41)45-20-46-49/h5-12,15-16,20,27,31H,13-14,17-19H2,1-4H3,(H2,44,47)/t27-,37-/m1/s1. The van der Waals surface area contributed by atoms with Crippen LogP contribution in [0.4, 0.5) is 17.6 Å². The first-order valence-electron chi connectivity index (χ1n) is 17.2. The van der Waals surface area contributed by atoms with Crippen LogP contribution in [0.2, 0.25) is 5.02 Å². The number of benzene rings is 3. The summed E-state index contributed by atoms with van der Waals surface area (Å²) in [6.45, 7) is 7.52. The van der Waals surface area contributed by atoms with E-state index in [4.69, 9.17) is 27.1 Å². The molecule has 1 fully saturated rings. The maximum atomic E-state index is 15.0. The summed E-state index contributed by atoms with van der Waals surface area (Å²) in [5.74, 6) is -1.95. The second-order valence-corrected chi connectivity index (χ2v) is 15.8. The molecule has 0 unspecified atom stereocenters. The number of amides is 1. The summed E-state index contributed by atoms with van der Waals surface area (Å²) in [6, 6.07) is 14.8. The fourth-order valence-electron chi connectivity index (χ4n) is 6.91. The van der Waals surface area contributed by atoms with Crippen LogP contribution < -0.4 is 15.2 Å². The largest absolute Gasteiger partial charge is 0.586 e. The Labute approximate surface area is 313 Å². The molecule has 0 spiro atoms. The number of hydrogen-bond donors (Lipinski definition) is 1. The number of rotatable bonds is 11. The average molecular weight is 769 g/mol. The Morgan fingerprint density at radius 3 is 2.37 bits per heavy atom. The molecule has 16 heteroatoms. The number of carbonyl (C=O) groups excluding carboxylic acids is 2. The third kappa shape index (κ3) is 7.20. The number of esters is 1. The zero-order valence-corrected chi connectivity index (χ0v) is 30.5. The molecule has 0 saturated heterocycles. The van der Waals surface area contributed by atoms with Crippen molar-refractivity contribution in [3.05, 3.63) is 89.0 Å². The molecule has 4 aromatic rings. The third-order valence-corrected chi connectivity index (χ3v) is 10.1. The zero-order valence-electron chi connectivity index (χ0n) is 29.8. The molecule has 1 aromatic heterocycles. The minimum absolute atomic E-state index is 0.0646. The lowest BCUT2D eigenvalue weighted by molar-refractivity contribution is -0.286. The van der Waals surface area contributed by atoms with Gasteiger partial charge in [0.1, 0.15) is 12.9 Å². The van der Waals surface area contributed by atoms with E-state index < -0.39 is 47.4 Å². The number of fused-ring (bicyclic) bond motifs is 1. The molecule has 0 bridgehead atoms. The smallest absolute Gasteiger partial charge is 0.463 e. The van der Waals surface area contributed by atoms with E-state index in [9.17, 15) is 22.4 Å². The minimum Gasteiger partial charge on any atom is -0.463 e. The van der Waals surface area contributed by atoms with Crippen LogP contribution >= 0.6 is 11.6 Å². The van der Waals surface area contributed by atoms with Gasteiger partial charge < -0.3 is 19.9 Å². The van der Waals surface area contributed by atoms with Crippen LogP contribution in [0.15, 0.2) is 72.0 Å². The van der Waals surface area contributed by atoms with E-state index in [-0.39, 0.29) is 53.0 Å². The number of aromatic nitrogens is 3. The van der Waals surface area contributed by atoms with Crippen LogP contribution in [0.5, 0.6) is 11.5 Å². The zero-order chi connectivity index (χ0) is 38.8. The van der Waals surface area contributed by atoms with Gasteiger partial charge in [-0.3, -0.25) is 14.5 Å². The molecule has 7 rings (SSSR count). The van der Waals surface area contributed by atoms with E-state index in [1.54, 1.807) is 36.4 Å². The van der Waals surface area contributed by atoms with Crippen LogP contribution in [-0.4, -0.2) is 50.4 Å². The Balaban J connectivity index is 1.26. The molecule has 0 radical (unpaired) electrons. The van der Waals surface area contributed by atoms with Crippen molar-refractivity contribution in [2.75, 3.05) is 6.61 Å². The van der Waals surface area contributed by atoms with E-state index in [0.29, 0.717) is 22.3 Å². The van der Waals surface area contributed by atoms with Crippen molar-refractivity contribution in [1.82, 2.24) is 19.7 Å². The Morgan fingerprint density at radius 2 is 1.70 bits per heavy atom. The van der Waals surface area contributed by atoms with Gasteiger partial charge in [0.15, 0.2) is 28.8 Å². The normalized spacial score (nSPS) is 20.3. The quantitative estimate of drug-likeness (QED) is 0.120. The third-order valence-electron chi connectivity index (χ3n) is 9.75. The monoisotopic (exact) mass is 768 g/mol. The van der Waals surface area contributed by atoms with Crippen LogP contribution in [0.25, 0.3) is 16.8 Å². The fraction of sp³-hybridized carbons (Fsp3) is 0.395. The maximum Gasteiger partial charge on any atom is 0.586 e. The molecule has 284 valence electrons. The maximum absolute atomic E-state index is 15.0. The van der Waals surface area contributed by atoms with E-state index in [0.717, 1.165) is 23.9 Å². The van der Waals surface area contributed by atoms with Crippen molar-refractivity contribution < 1.29 is 41.4 Å². The van der Waals surface area contributed by atoms with Gasteiger partial charge in [-0.05, 0) is 76.6 Å². The Morgan fingerprint density at radius 1 is 1.02 bits per heavy atom. The van der Waals surface area contributed by atoms with Gasteiger partial charge in [-0.2, -0.15) is 5.10 Å². The molecule has 2 atom stereocenters. The second kappa shape index (κ2) is 13.3. The molecule has 3 heterocycles. The number of guanidine groups is 1. The summed E-state index contributed by atoms with van der Waals surface area (Å²) >= 11 is 6.49. The van der Waals surface area contributed by atoms with Gasteiger partial charge in [0.2, 0.25) is 0 Å². The summed E-state index contributed by atoms with van der Waals surface area (Å²) < 4.78 is 70.9. The van der Waals surface area contributed by atoms with Crippen LogP contribution in [0.1, 0.15) is 82.8 Å². The first-order chi connectivity index (χ1) is 25.4. The number of ether oxygens (including phenoxy) is 3. The van der Waals surface area contributed by atoms with Gasteiger partial charge in [0.05, 0.1) is 23.2 Å². The molecule has 54 heavy (non-hydrogen) atoms. The highest BCUT2D eigenvalue weighted by molar-refractivity contribution is 6.32. The van der Waals surface area contributed by atoms with Crippen LogP contribution in [0, 0.1) is 10.8 Å². The highest BCUT2D eigenvalue weighted by Gasteiger charge is 2.53. The van der Waals surface area contributed by atoms with Gasteiger partial charge in [-0.1, -0.05) is 75.7 Å². The van der Waals surface area contributed by atoms with Gasteiger partial charge in [0, 0.05) is 0 Å². The van der Waals surface area contributed by atoms with Gasteiger partial charge >= 0.3 is 12.3 Å². The van der Waals surface area contributed by atoms with E-state index in [1.165, 1.54) is 29.2 Å². The second-order valence-electron chi connectivity index (χ2n) is 15.4. The van der Waals surface area contributed by atoms with Crippen molar-refractivity contribution in [2.45, 2.75) is 77.7 Å². The summed E-state index contributed by atoms with van der Waals surface area (Å²) in [5, 5.41) is 4.03. The van der Waals surface area contributed by atoms with Crippen molar-refractivity contribution >= 4 is 29.4 Å². The van der Waals surface area contributed by atoms with Crippen molar-refractivity contribution in [3.63, 3.8) is 0 Å². The molecule has 11 nitrogen and oxygen atoms in total. The number of halogens is 5. The highest BCUT2D eigenvalue weighted by atomic mass is 35.5. The first-order valence-corrected chi connectivity index (χ1v) is 17.6. The molecule has 3 aliphatic rings. The van der Waals surface area contributed by atoms with Crippen LogP contribution in [0.3, 0.4) is 0 Å². The summed E-state index contributed by atoms with van der Waals surface area (Å²) in [6.07, 6.45) is -3.57. The molecule has 1 amide bonds. The highest BCUT2D eigenvalue weighted by Crippen LogP contribution is 2.49. The van der Waals surface area contributed by atoms with E-state index in [2.05, 4.69) is 19.6 Å². The minimum atomic E-state index is -3.76. The molecular weight excluding hydrogens is 732 g/mol. The lowest BCUT2D eigenvalue weighted by Gasteiger charge is -2.35. The van der Waals surface area contributed by atoms with Gasteiger partial charge in [-0.25, -0.2) is 23.4 Å². The lowest BCUT2D eigenvalue weighted by Crippen LogP contribution is -2.47. The lowest BCUT2D eigenvalue weighted by atomic mass is 9.75. The number of nitrogens with two attached hydrogens (primary N) is 1. The predicted molar refractivity (Wildman–Crippen MR) is 189 cm³/mol. The van der Waals surface area contributed by atoms with Crippen molar-refractivity contribution in [1.29, 1.82) is 0 Å². The number of carbonyl (C=O) groups is 2. The number of alkyl halides is 4. The Hall–Kier alpha value is -5.18. The van der Waals surface area contributed by atoms with E-state index >= 15 is 4.79 Å². The summed E-state index contributed by atoms with van der Waals surface area (Å²) in [5.41, 5.74) is 6.63. The first kappa shape index (κ1) is 37.1. The molecular formula is C38H37ClF4N6O5. The molecule has 2 aliphatic heterocycles. The topological polar surface area (TPSA) is 134 Å². The fourth-order valence-corrected chi connectivity index (χ4v) is 7.10. The van der Waals surface area contributed by atoms with Crippen molar-refractivity contribution in [2.24, 2.45) is 21.6 Å². The molecule has 1 aliphatic carbocycles. The van der Waals surface area contributed by atoms with E-state index in [1.807, 2.05) is 27.7 Å². The Kier molecular flexibility index (Phi) is 9.14. The van der Waals surface area contributed by atoms with Gasteiger partial charge in [0.25, 0.3) is 12.3 Å². The number of hydrogen-bond acceptors (Lipinski definition) is 9. The average Bonchev–Trinajstić information content (AvgIpc) is 3.38. The molecule has 1 saturated carbocycles. The Bertz CT molecular complexity index is 2150. The van der Waals surface area contributed by atoms with Gasteiger partial charge in [-0.15, -0.1) is 8.78 Å². The number of nitrogens with zero attached hydrogens (tertiary/aromatic N) is 5. The predicted octanol–water partition coefficient (Wildman–Crippen LogP) is 8.11. The van der Waals surface area contributed by atoms with Crippen molar-refractivity contribution in [3.8, 4) is 28.3 Å². The molecule has 3 aromatic carbocycles. The SMILES string of the molecule is CC(C)(C)C[C@]1(c2ccc(-c3ccc4c(c3)OC(F)(F)O4)cc2)N=C(N)N([C@H](COC(=O)CC2(C)CC2)c2ccc(Cl)c(-n3ncnc3C(F)F)c2)C1=O. The molecule has 2 N–H and O–H groups in total. The number of aliphatic imine (C=N–C) groups is 1. The van der Waals surface area contributed by atoms with Crippen LogP contribution in [-0.2, 0) is 19.9 Å².